The van der Waals surface area contributed by atoms with Crippen molar-refractivity contribution in [1.29, 1.82) is 0 Å². The van der Waals surface area contributed by atoms with Crippen molar-refractivity contribution in [3.8, 4) is 0 Å². The van der Waals surface area contributed by atoms with Crippen molar-refractivity contribution >= 4 is 11.8 Å². The average Bonchev–Trinajstić information content (AvgIpc) is 2.18. The summed E-state index contributed by atoms with van der Waals surface area (Å²) < 4.78 is 0. The van der Waals surface area contributed by atoms with Gasteiger partial charge in [0.25, 0.3) is 0 Å². The quantitative estimate of drug-likeness (QED) is 0.306. The van der Waals surface area contributed by atoms with Crippen LogP contribution in [0.15, 0.2) is 0 Å². The summed E-state index contributed by atoms with van der Waals surface area (Å²) in [6.07, 6.45) is 0. The highest BCUT2D eigenvalue weighted by Crippen LogP contribution is 2.04. The number of carbonyl (C=O) groups is 2. The number of hydrogen-bond donors (Lipinski definition) is 4. The molecule has 0 amide bonds. The first kappa shape index (κ1) is 13.0. The number of rotatable bonds is 6. The first-order chi connectivity index (χ1) is 6.46. The van der Waals surface area contributed by atoms with Gasteiger partial charge in [0, 0.05) is 0 Å². The SMILES string of the molecule is CNC(C)C(=O)C(NC)(NC)C(=O)O. The van der Waals surface area contributed by atoms with E-state index in [-0.39, 0.29) is 0 Å². The van der Waals surface area contributed by atoms with Crippen LogP contribution in [0.5, 0.6) is 0 Å². The van der Waals surface area contributed by atoms with E-state index < -0.39 is 23.5 Å². The molecule has 0 rings (SSSR count). The molecule has 82 valence electrons. The largest absolute Gasteiger partial charge is 0.479 e. The Labute approximate surface area is 83.1 Å². The van der Waals surface area contributed by atoms with Crippen LogP contribution in [0.4, 0.5) is 0 Å². The summed E-state index contributed by atoms with van der Waals surface area (Å²) in [5, 5.41) is 16.6. The second kappa shape index (κ2) is 5.04. The van der Waals surface area contributed by atoms with Gasteiger partial charge < -0.3 is 10.4 Å². The van der Waals surface area contributed by atoms with Gasteiger partial charge in [-0.15, -0.1) is 0 Å². The summed E-state index contributed by atoms with van der Waals surface area (Å²) in [6, 6.07) is -0.536. The maximum absolute atomic E-state index is 11.7. The van der Waals surface area contributed by atoms with E-state index in [1.54, 1.807) is 14.0 Å². The van der Waals surface area contributed by atoms with Gasteiger partial charge in [0.2, 0.25) is 5.66 Å². The van der Waals surface area contributed by atoms with Crippen LogP contribution >= 0.6 is 0 Å². The number of likely N-dealkylation sites (N-methyl/N-ethyl adjacent to an activating group) is 3. The summed E-state index contributed by atoms with van der Waals surface area (Å²) in [6.45, 7) is 1.61. The van der Waals surface area contributed by atoms with E-state index in [1.807, 2.05) is 0 Å². The fourth-order valence-corrected chi connectivity index (χ4v) is 1.15. The fourth-order valence-electron chi connectivity index (χ4n) is 1.15. The minimum atomic E-state index is -1.72. The summed E-state index contributed by atoms with van der Waals surface area (Å²) >= 11 is 0. The van der Waals surface area contributed by atoms with Gasteiger partial charge in [-0.2, -0.15) is 0 Å². The third-order valence-corrected chi connectivity index (χ3v) is 2.27. The molecule has 4 N–H and O–H groups in total. The Kier molecular flexibility index (Phi) is 4.69. The van der Waals surface area contributed by atoms with Crippen molar-refractivity contribution in [2.24, 2.45) is 0 Å². The molecule has 14 heavy (non-hydrogen) atoms. The van der Waals surface area contributed by atoms with Gasteiger partial charge in [0.15, 0.2) is 5.78 Å². The molecular weight excluding hydrogens is 186 g/mol. The van der Waals surface area contributed by atoms with E-state index in [1.165, 1.54) is 14.1 Å². The second-order valence-electron chi connectivity index (χ2n) is 2.93. The lowest BCUT2D eigenvalue weighted by atomic mass is 9.99. The molecule has 1 atom stereocenters. The van der Waals surface area contributed by atoms with Gasteiger partial charge in [-0.25, -0.2) is 4.79 Å². The molecular formula is C8H17N3O3. The zero-order valence-electron chi connectivity index (χ0n) is 8.84. The highest BCUT2D eigenvalue weighted by molar-refractivity contribution is 6.09. The highest BCUT2D eigenvalue weighted by atomic mass is 16.4. The van der Waals surface area contributed by atoms with Crippen molar-refractivity contribution in [2.45, 2.75) is 18.6 Å². The molecule has 6 heteroatoms. The number of ketones is 1. The maximum Gasteiger partial charge on any atom is 0.347 e. The van der Waals surface area contributed by atoms with E-state index in [0.29, 0.717) is 0 Å². The number of nitrogens with one attached hydrogen (secondary N) is 3. The summed E-state index contributed by atoms with van der Waals surface area (Å²) in [5.41, 5.74) is -1.72. The minimum absolute atomic E-state index is 0.461. The van der Waals surface area contributed by atoms with Crippen molar-refractivity contribution in [3.63, 3.8) is 0 Å². The first-order valence-electron chi connectivity index (χ1n) is 4.29. The van der Waals surface area contributed by atoms with Gasteiger partial charge in [0.05, 0.1) is 6.04 Å². The zero-order valence-corrected chi connectivity index (χ0v) is 8.84. The van der Waals surface area contributed by atoms with E-state index in [9.17, 15) is 9.59 Å². The monoisotopic (exact) mass is 203 g/mol. The second-order valence-corrected chi connectivity index (χ2v) is 2.93. The molecule has 0 heterocycles. The third-order valence-electron chi connectivity index (χ3n) is 2.27. The molecule has 0 aliphatic heterocycles. The fraction of sp³-hybridized carbons (Fsp3) is 0.750. The number of carboxylic acids is 1. The zero-order chi connectivity index (χ0) is 11.4. The van der Waals surface area contributed by atoms with Crippen LogP contribution in [-0.2, 0) is 9.59 Å². The van der Waals surface area contributed by atoms with Crippen molar-refractivity contribution in [1.82, 2.24) is 16.0 Å². The van der Waals surface area contributed by atoms with Crippen LogP contribution in [0, 0.1) is 0 Å². The molecule has 0 aromatic heterocycles. The lowest BCUT2D eigenvalue weighted by Gasteiger charge is -2.29. The molecule has 1 unspecified atom stereocenters. The maximum atomic E-state index is 11.7. The number of aliphatic carboxylic acids is 1. The molecule has 0 aromatic carbocycles. The van der Waals surface area contributed by atoms with Crippen LogP contribution in [0.3, 0.4) is 0 Å². The minimum Gasteiger partial charge on any atom is -0.479 e. The predicted molar refractivity (Wildman–Crippen MR) is 52.0 cm³/mol. The van der Waals surface area contributed by atoms with Gasteiger partial charge in [-0.05, 0) is 28.1 Å². The smallest absolute Gasteiger partial charge is 0.347 e. The first-order valence-corrected chi connectivity index (χ1v) is 4.29. The molecule has 0 bridgehead atoms. The number of carboxylic acid groups (broad SMARTS) is 1. The van der Waals surface area contributed by atoms with Crippen LogP contribution in [0.25, 0.3) is 0 Å². The molecule has 0 spiro atoms. The standard InChI is InChI=1S/C8H17N3O3/c1-5(9-2)6(12)8(10-3,11-4)7(13)14/h5,9-11H,1-4H3,(H,13,14). The van der Waals surface area contributed by atoms with Gasteiger partial charge in [-0.1, -0.05) is 0 Å². The topological polar surface area (TPSA) is 90.5 Å². The molecule has 0 aromatic rings. The lowest BCUT2D eigenvalue weighted by molar-refractivity contribution is -0.152. The molecule has 6 nitrogen and oxygen atoms in total. The van der Waals surface area contributed by atoms with Crippen LogP contribution in [0.1, 0.15) is 6.92 Å². The number of hydrogen-bond acceptors (Lipinski definition) is 5. The Bertz CT molecular complexity index is 226. The number of Topliss-reactive ketones (excluding diaryl/α,β-unsaturated/α-hetero) is 1. The van der Waals surface area contributed by atoms with Gasteiger partial charge >= 0.3 is 5.97 Å². The normalized spacial score (nSPS) is 13.7. The van der Waals surface area contributed by atoms with Crippen molar-refractivity contribution in [2.75, 3.05) is 21.1 Å². The summed E-state index contributed by atoms with van der Waals surface area (Å²) in [5.74, 6) is -1.70. The van der Waals surface area contributed by atoms with E-state index in [2.05, 4.69) is 16.0 Å². The Hall–Kier alpha value is -0.980. The van der Waals surface area contributed by atoms with E-state index in [4.69, 9.17) is 5.11 Å². The Morgan fingerprint density at radius 1 is 1.21 bits per heavy atom. The van der Waals surface area contributed by atoms with Crippen molar-refractivity contribution in [3.05, 3.63) is 0 Å². The Morgan fingerprint density at radius 3 is 1.86 bits per heavy atom. The average molecular weight is 203 g/mol. The predicted octanol–water partition coefficient (Wildman–Crippen LogP) is -1.62. The summed E-state index contributed by atoms with van der Waals surface area (Å²) in [7, 11) is 4.44. The third kappa shape index (κ3) is 2.09. The van der Waals surface area contributed by atoms with Gasteiger partial charge in [0.1, 0.15) is 0 Å². The highest BCUT2D eigenvalue weighted by Gasteiger charge is 2.45. The molecule has 0 aliphatic carbocycles. The Balaban J connectivity index is 4.99. The van der Waals surface area contributed by atoms with Crippen LogP contribution < -0.4 is 16.0 Å². The van der Waals surface area contributed by atoms with Crippen LogP contribution in [-0.4, -0.2) is 49.7 Å². The van der Waals surface area contributed by atoms with Crippen LogP contribution in [0.2, 0.25) is 0 Å². The lowest BCUT2D eigenvalue weighted by Crippen LogP contribution is -2.68. The molecule has 0 saturated carbocycles. The van der Waals surface area contributed by atoms with E-state index >= 15 is 0 Å². The molecule has 0 fully saturated rings. The van der Waals surface area contributed by atoms with E-state index in [0.717, 1.165) is 0 Å². The van der Waals surface area contributed by atoms with Crippen molar-refractivity contribution < 1.29 is 14.7 Å². The summed E-state index contributed by atoms with van der Waals surface area (Å²) in [4.78, 5) is 22.7. The number of carbonyl (C=O) groups excluding carboxylic acids is 1. The van der Waals surface area contributed by atoms with Gasteiger partial charge in [-0.3, -0.25) is 15.4 Å². The molecule has 0 saturated heterocycles. The molecule has 0 aliphatic rings. The Morgan fingerprint density at radius 2 is 1.64 bits per heavy atom. The molecule has 0 radical (unpaired) electrons.